The fourth-order valence-electron chi connectivity index (χ4n) is 2.46. The van der Waals surface area contributed by atoms with Crippen molar-refractivity contribution in [1.82, 2.24) is 0 Å². The lowest BCUT2D eigenvalue weighted by atomic mass is 9.99. The molecule has 5 heteroatoms. The van der Waals surface area contributed by atoms with Gasteiger partial charge in [0.2, 0.25) is 5.91 Å². The fraction of sp³-hybridized carbons (Fsp3) is 0.0476. The van der Waals surface area contributed by atoms with Gasteiger partial charge in [0, 0.05) is 5.57 Å². The van der Waals surface area contributed by atoms with Crippen LogP contribution in [-0.4, -0.2) is 5.91 Å². The Kier molecular flexibility index (Phi) is 5.47. The summed E-state index contributed by atoms with van der Waals surface area (Å²) in [5.41, 5.74) is 8.72. The van der Waals surface area contributed by atoms with Gasteiger partial charge in [-0.2, -0.15) is 16.6 Å². The first kappa shape index (κ1) is 17.5. The summed E-state index contributed by atoms with van der Waals surface area (Å²) in [6.45, 7) is 0.444. The summed E-state index contributed by atoms with van der Waals surface area (Å²) in [6.07, 6.45) is 1.63. The van der Waals surface area contributed by atoms with Gasteiger partial charge in [-0.1, -0.05) is 30.3 Å². The molecule has 3 aromatic rings. The van der Waals surface area contributed by atoms with E-state index in [4.69, 9.17) is 10.5 Å². The number of carbonyl (C=O) groups is 1. The van der Waals surface area contributed by atoms with Crippen molar-refractivity contribution >= 4 is 28.9 Å². The molecule has 0 bridgehead atoms. The van der Waals surface area contributed by atoms with Gasteiger partial charge in [0.05, 0.1) is 11.6 Å². The second-order valence-corrected chi connectivity index (χ2v) is 6.35. The lowest BCUT2D eigenvalue weighted by Gasteiger charge is -2.09. The molecule has 0 aliphatic carbocycles. The number of thiophene rings is 1. The maximum Gasteiger partial charge on any atom is 0.249 e. The SMILES string of the molecule is N#Cc1ccc(OCc2ccsc2)cc1/C=C(/C(N)=O)c1ccccc1. The second-order valence-electron chi connectivity index (χ2n) is 5.57. The van der Waals surface area contributed by atoms with Crippen LogP contribution in [0, 0.1) is 11.3 Å². The first-order chi connectivity index (χ1) is 12.7. The predicted molar refractivity (Wildman–Crippen MR) is 103 cm³/mol. The maximum absolute atomic E-state index is 11.9. The molecule has 3 rings (SSSR count). The van der Waals surface area contributed by atoms with Crippen LogP contribution in [-0.2, 0) is 11.4 Å². The molecule has 1 heterocycles. The molecule has 26 heavy (non-hydrogen) atoms. The van der Waals surface area contributed by atoms with E-state index in [0.717, 1.165) is 5.56 Å². The van der Waals surface area contributed by atoms with E-state index in [1.807, 2.05) is 35.0 Å². The summed E-state index contributed by atoms with van der Waals surface area (Å²) in [5.74, 6) is 0.0722. The van der Waals surface area contributed by atoms with E-state index >= 15 is 0 Å². The van der Waals surface area contributed by atoms with Crippen molar-refractivity contribution in [2.24, 2.45) is 5.73 Å². The number of rotatable bonds is 6. The standard InChI is InChI=1S/C21H16N2O2S/c22-12-17-6-7-19(25-13-15-8-9-26-14-15)10-18(17)11-20(21(23)24)16-4-2-1-3-5-16/h1-11,14H,13H2,(H2,23,24)/b20-11+. The number of nitriles is 1. The van der Waals surface area contributed by atoms with Crippen LogP contribution in [0.3, 0.4) is 0 Å². The number of nitrogens with two attached hydrogens (primary N) is 1. The summed E-state index contributed by atoms with van der Waals surface area (Å²) < 4.78 is 5.79. The molecule has 0 radical (unpaired) electrons. The van der Waals surface area contributed by atoms with Crippen molar-refractivity contribution in [2.75, 3.05) is 0 Å². The Labute approximate surface area is 155 Å². The van der Waals surface area contributed by atoms with E-state index in [1.54, 1.807) is 47.7 Å². The summed E-state index contributed by atoms with van der Waals surface area (Å²) in [6, 6.07) is 18.4. The van der Waals surface area contributed by atoms with Crippen molar-refractivity contribution in [1.29, 1.82) is 5.26 Å². The summed E-state index contributed by atoms with van der Waals surface area (Å²) in [4.78, 5) is 11.9. The molecule has 0 unspecified atom stereocenters. The minimum atomic E-state index is -0.551. The number of nitrogens with zero attached hydrogens (tertiary/aromatic N) is 1. The van der Waals surface area contributed by atoms with Crippen molar-refractivity contribution in [3.05, 3.63) is 87.6 Å². The molecular formula is C21H16N2O2S. The number of amides is 1. The van der Waals surface area contributed by atoms with Crippen molar-refractivity contribution in [3.63, 3.8) is 0 Å². The van der Waals surface area contributed by atoms with E-state index in [2.05, 4.69) is 6.07 Å². The summed E-state index contributed by atoms with van der Waals surface area (Å²) in [5, 5.41) is 13.4. The summed E-state index contributed by atoms with van der Waals surface area (Å²) >= 11 is 1.61. The highest BCUT2D eigenvalue weighted by Crippen LogP contribution is 2.24. The molecule has 0 aliphatic heterocycles. The van der Waals surface area contributed by atoms with Crippen LogP contribution in [0.5, 0.6) is 5.75 Å². The molecule has 1 amide bonds. The largest absolute Gasteiger partial charge is 0.489 e. The normalized spacial score (nSPS) is 11.0. The first-order valence-corrected chi connectivity index (χ1v) is 8.86. The van der Waals surface area contributed by atoms with E-state index in [1.165, 1.54) is 0 Å². The highest BCUT2D eigenvalue weighted by atomic mass is 32.1. The molecule has 128 valence electrons. The topological polar surface area (TPSA) is 76.1 Å². The molecule has 1 aromatic heterocycles. The van der Waals surface area contributed by atoms with Gasteiger partial charge in [0.15, 0.2) is 0 Å². The Bertz CT molecular complexity index is 971. The zero-order valence-electron chi connectivity index (χ0n) is 13.9. The average Bonchev–Trinajstić information content (AvgIpc) is 3.18. The third-order valence-electron chi connectivity index (χ3n) is 3.78. The van der Waals surface area contributed by atoms with Crippen molar-refractivity contribution in [3.8, 4) is 11.8 Å². The second kappa shape index (κ2) is 8.15. The number of hydrogen-bond acceptors (Lipinski definition) is 4. The minimum absolute atomic E-state index is 0.345. The third-order valence-corrected chi connectivity index (χ3v) is 4.51. The van der Waals surface area contributed by atoms with Gasteiger partial charge < -0.3 is 10.5 Å². The van der Waals surface area contributed by atoms with Crippen LogP contribution in [0.1, 0.15) is 22.3 Å². The van der Waals surface area contributed by atoms with Crippen LogP contribution in [0.4, 0.5) is 0 Å². The molecule has 0 aliphatic rings. The molecule has 0 spiro atoms. The number of primary amides is 1. The molecular weight excluding hydrogens is 344 g/mol. The zero-order valence-corrected chi connectivity index (χ0v) is 14.7. The van der Waals surface area contributed by atoms with E-state index in [-0.39, 0.29) is 0 Å². The molecule has 0 fully saturated rings. The van der Waals surface area contributed by atoms with E-state index < -0.39 is 5.91 Å². The molecule has 2 N–H and O–H groups in total. The fourth-order valence-corrected chi connectivity index (χ4v) is 3.12. The zero-order chi connectivity index (χ0) is 18.4. The Balaban J connectivity index is 1.95. The Morgan fingerprint density at radius 1 is 1.19 bits per heavy atom. The average molecular weight is 360 g/mol. The smallest absolute Gasteiger partial charge is 0.249 e. The van der Waals surface area contributed by atoms with Crippen LogP contribution in [0.2, 0.25) is 0 Å². The van der Waals surface area contributed by atoms with Gasteiger partial charge >= 0.3 is 0 Å². The van der Waals surface area contributed by atoms with Crippen LogP contribution in [0.15, 0.2) is 65.4 Å². The monoisotopic (exact) mass is 360 g/mol. The molecule has 0 atom stereocenters. The maximum atomic E-state index is 11.9. The lowest BCUT2D eigenvalue weighted by molar-refractivity contribution is -0.112. The van der Waals surface area contributed by atoms with Crippen LogP contribution < -0.4 is 10.5 Å². The molecule has 0 saturated carbocycles. The van der Waals surface area contributed by atoms with Gasteiger partial charge in [-0.25, -0.2) is 0 Å². The van der Waals surface area contributed by atoms with Gasteiger partial charge in [0.25, 0.3) is 0 Å². The predicted octanol–water partition coefficient (Wildman–Crippen LogP) is 4.22. The van der Waals surface area contributed by atoms with Crippen molar-refractivity contribution in [2.45, 2.75) is 6.61 Å². The van der Waals surface area contributed by atoms with Gasteiger partial charge in [-0.3, -0.25) is 4.79 Å². The van der Waals surface area contributed by atoms with Crippen LogP contribution in [0.25, 0.3) is 11.6 Å². The number of carbonyl (C=O) groups excluding carboxylic acids is 1. The number of ether oxygens (including phenoxy) is 1. The lowest BCUT2D eigenvalue weighted by Crippen LogP contribution is -2.12. The van der Waals surface area contributed by atoms with E-state index in [9.17, 15) is 10.1 Å². The Morgan fingerprint density at radius 3 is 2.65 bits per heavy atom. The number of hydrogen-bond donors (Lipinski definition) is 1. The van der Waals surface area contributed by atoms with Gasteiger partial charge in [-0.05, 0) is 57.8 Å². The number of benzene rings is 2. The molecule has 2 aromatic carbocycles. The minimum Gasteiger partial charge on any atom is -0.489 e. The highest BCUT2D eigenvalue weighted by molar-refractivity contribution is 7.07. The molecule has 0 saturated heterocycles. The van der Waals surface area contributed by atoms with Gasteiger partial charge in [-0.15, -0.1) is 0 Å². The summed E-state index contributed by atoms with van der Waals surface area (Å²) in [7, 11) is 0. The van der Waals surface area contributed by atoms with Crippen molar-refractivity contribution < 1.29 is 9.53 Å². The third kappa shape index (κ3) is 4.18. The van der Waals surface area contributed by atoms with E-state index in [0.29, 0.717) is 34.6 Å². The Hall–Kier alpha value is -3.36. The quantitative estimate of drug-likeness (QED) is 0.528. The first-order valence-electron chi connectivity index (χ1n) is 7.92. The van der Waals surface area contributed by atoms with Crippen LogP contribution >= 0.6 is 11.3 Å². The highest BCUT2D eigenvalue weighted by Gasteiger charge is 2.11. The molecule has 4 nitrogen and oxygen atoms in total. The Morgan fingerprint density at radius 2 is 2.00 bits per heavy atom. The van der Waals surface area contributed by atoms with Gasteiger partial charge in [0.1, 0.15) is 12.4 Å².